The van der Waals surface area contributed by atoms with Crippen molar-refractivity contribution in [2.45, 2.75) is 81.2 Å². The Morgan fingerprint density at radius 1 is 1.07 bits per heavy atom. The molecular formula is C31H30Cl2FNO6. The van der Waals surface area contributed by atoms with Crippen molar-refractivity contribution in [2.24, 2.45) is 11.8 Å². The zero-order valence-corrected chi connectivity index (χ0v) is 23.8. The summed E-state index contributed by atoms with van der Waals surface area (Å²) >= 11 is 13.0. The molecule has 0 saturated heterocycles. The van der Waals surface area contributed by atoms with Gasteiger partial charge in [-0.1, -0.05) is 34.4 Å². The Kier molecular flexibility index (Phi) is 6.62. The minimum atomic E-state index is -1.30. The van der Waals surface area contributed by atoms with Gasteiger partial charge in [-0.25, -0.2) is 9.18 Å². The van der Waals surface area contributed by atoms with Crippen LogP contribution in [0, 0.1) is 17.7 Å². The smallest absolute Gasteiger partial charge is 0.348 e. The van der Waals surface area contributed by atoms with E-state index in [1.54, 1.807) is 24.3 Å². The third kappa shape index (κ3) is 4.73. The zero-order valence-electron chi connectivity index (χ0n) is 22.2. The third-order valence-electron chi connectivity index (χ3n) is 9.37. The van der Waals surface area contributed by atoms with Gasteiger partial charge in [0.25, 0.3) is 0 Å². The molecular weight excluding hydrogens is 572 g/mol. The van der Waals surface area contributed by atoms with Crippen molar-refractivity contribution in [1.29, 1.82) is 0 Å². The molecule has 4 saturated carbocycles. The van der Waals surface area contributed by atoms with Gasteiger partial charge in [0.15, 0.2) is 0 Å². The van der Waals surface area contributed by atoms with E-state index in [1.165, 1.54) is 12.1 Å². The van der Waals surface area contributed by atoms with Crippen LogP contribution in [0.5, 0.6) is 5.75 Å². The van der Waals surface area contributed by atoms with Gasteiger partial charge in [0.2, 0.25) is 5.60 Å². The van der Waals surface area contributed by atoms with Gasteiger partial charge in [-0.2, -0.15) is 0 Å². The van der Waals surface area contributed by atoms with Crippen LogP contribution < -0.4 is 4.74 Å². The Bertz CT molecular complexity index is 1480. The standard InChI is InChI=1S/C31H30Cl2FNO6/c32-24-2-1-3-25(33)26(24)27-23(28(41-35-27)16-4-5-16)15-39-21-11-17-6-7-18(12-21)31(17,38)19-10-20(34)14-22(13-19)40-30(8-9-30)29(36)37/h1-3,10,13-14,16-18,21,38H,4-9,11-12,15H2,(H,36,37). The lowest BCUT2D eigenvalue weighted by molar-refractivity contribution is -0.147. The fourth-order valence-electron chi connectivity index (χ4n) is 6.91. The van der Waals surface area contributed by atoms with Crippen LogP contribution in [-0.4, -0.2) is 33.0 Å². The molecule has 4 fully saturated rings. The Hall–Kier alpha value is -2.65. The largest absolute Gasteiger partial charge is 0.478 e. The van der Waals surface area contributed by atoms with Crippen molar-refractivity contribution in [1.82, 2.24) is 5.16 Å². The van der Waals surface area contributed by atoms with E-state index >= 15 is 0 Å². The predicted octanol–water partition coefficient (Wildman–Crippen LogP) is 7.25. The minimum absolute atomic E-state index is 0.115. The van der Waals surface area contributed by atoms with Crippen LogP contribution >= 0.6 is 23.2 Å². The van der Waals surface area contributed by atoms with Crippen LogP contribution in [0.1, 0.15) is 74.2 Å². The quantitative estimate of drug-likeness (QED) is 0.266. The molecule has 2 atom stereocenters. The van der Waals surface area contributed by atoms with Crippen molar-refractivity contribution in [3.8, 4) is 17.0 Å². The molecule has 7 nitrogen and oxygen atoms in total. The number of carboxylic acid groups (broad SMARTS) is 1. The number of carboxylic acids is 1. The summed E-state index contributed by atoms with van der Waals surface area (Å²) in [7, 11) is 0. The number of carbonyl (C=O) groups is 1. The van der Waals surface area contributed by atoms with E-state index in [2.05, 4.69) is 5.16 Å². The molecule has 0 amide bonds. The third-order valence-corrected chi connectivity index (χ3v) is 10.0. The summed E-state index contributed by atoms with van der Waals surface area (Å²) in [5.74, 6) is -0.640. The molecule has 0 radical (unpaired) electrons. The van der Waals surface area contributed by atoms with E-state index in [9.17, 15) is 19.4 Å². The van der Waals surface area contributed by atoms with Crippen LogP contribution in [0.25, 0.3) is 11.3 Å². The van der Waals surface area contributed by atoms with E-state index in [0.29, 0.717) is 58.5 Å². The number of halogens is 3. The first kappa shape index (κ1) is 27.2. The van der Waals surface area contributed by atoms with E-state index in [1.807, 2.05) is 0 Å². The number of rotatable bonds is 9. The Morgan fingerprint density at radius 3 is 2.37 bits per heavy atom. The first-order valence-corrected chi connectivity index (χ1v) is 14.9. The molecule has 3 aromatic rings. The predicted molar refractivity (Wildman–Crippen MR) is 148 cm³/mol. The Morgan fingerprint density at radius 2 is 1.76 bits per heavy atom. The molecule has 0 spiro atoms. The van der Waals surface area contributed by atoms with E-state index in [0.717, 1.165) is 37.0 Å². The normalized spacial score (nSPS) is 28.0. The number of ether oxygens (including phenoxy) is 2. The highest BCUT2D eigenvalue weighted by Gasteiger charge is 2.56. The van der Waals surface area contributed by atoms with Gasteiger partial charge in [-0.05, 0) is 80.2 Å². The van der Waals surface area contributed by atoms with Crippen molar-refractivity contribution in [3.63, 3.8) is 0 Å². The minimum Gasteiger partial charge on any atom is -0.478 e. The van der Waals surface area contributed by atoms with Gasteiger partial charge in [-0.15, -0.1) is 0 Å². The summed E-state index contributed by atoms with van der Waals surface area (Å²) in [6.07, 6.45) is 5.48. The maximum atomic E-state index is 14.7. The molecule has 1 aromatic heterocycles. The number of aromatic nitrogens is 1. The molecule has 1 heterocycles. The summed E-state index contributed by atoms with van der Waals surface area (Å²) < 4.78 is 32.7. The van der Waals surface area contributed by atoms with Crippen LogP contribution in [0.2, 0.25) is 10.0 Å². The van der Waals surface area contributed by atoms with Crippen molar-refractivity contribution < 1.29 is 33.4 Å². The summed E-state index contributed by atoms with van der Waals surface area (Å²) in [5.41, 5.74) is -0.0255. The molecule has 2 bridgehead atoms. The van der Waals surface area contributed by atoms with Gasteiger partial charge in [0, 0.05) is 36.0 Å². The Labute approximate surface area is 246 Å². The molecule has 4 aliphatic rings. The second kappa shape index (κ2) is 9.97. The number of hydrogen-bond acceptors (Lipinski definition) is 6. The van der Waals surface area contributed by atoms with E-state index < -0.39 is 23.0 Å². The maximum absolute atomic E-state index is 14.7. The van der Waals surface area contributed by atoms with Gasteiger partial charge in [0.05, 0.1) is 28.4 Å². The van der Waals surface area contributed by atoms with Gasteiger partial charge >= 0.3 is 5.97 Å². The number of fused-ring (bicyclic) bond motifs is 2. The van der Waals surface area contributed by atoms with Gasteiger partial charge < -0.3 is 24.2 Å². The fourth-order valence-corrected chi connectivity index (χ4v) is 7.49. The Balaban J connectivity index is 1.11. The summed E-state index contributed by atoms with van der Waals surface area (Å²) in [5, 5.41) is 26.8. The molecule has 2 N–H and O–H groups in total. The summed E-state index contributed by atoms with van der Waals surface area (Å²) in [6, 6.07) is 9.47. The zero-order chi connectivity index (χ0) is 28.5. The highest BCUT2D eigenvalue weighted by Crippen LogP contribution is 2.56. The summed E-state index contributed by atoms with van der Waals surface area (Å²) in [4.78, 5) is 11.6. The van der Waals surface area contributed by atoms with Crippen molar-refractivity contribution in [2.75, 3.05) is 0 Å². The fraction of sp³-hybridized carbons (Fsp3) is 0.484. The molecule has 2 aromatic carbocycles. The number of hydrogen-bond donors (Lipinski definition) is 2. The first-order valence-electron chi connectivity index (χ1n) is 14.2. The average molecular weight is 602 g/mol. The number of aliphatic carboxylic acids is 1. The topological polar surface area (TPSA) is 102 Å². The molecule has 2 unspecified atom stereocenters. The van der Waals surface area contributed by atoms with Crippen molar-refractivity contribution >= 4 is 29.2 Å². The average Bonchev–Trinajstić information content (AvgIpc) is 3.85. The van der Waals surface area contributed by atoms with E-state index in [4.69, 9.17) is 37.2 Å². The van der Waals surface area contributed by atoms with Crippen LogP contribution in [-0.2, 0) is 21.7 Å². The number of benzene rings is 2. The number of nitrogens with zero attached hydrogens (tertiary/aromatic N) is 1. The monoisotopic (exact) mass is 601 g/mol. The molecule has 4 aliphatic carbocycles. The SMILES string of the molecule is O=C(O)C1(Oc2cc(F)cc(C3(O)C4CCC3CC(OCc3c(-c5c(Cl)cccc5Cl)noc3C3CC3)C4)c2)CC1. The number of aliphatic hydroxyl groups is 1. The maximum Gasteiger partial charge on any atom is 0.348 e. The molecule has 41 heavy (non-hydrogen) atoms. The van der Waals surface area contributed by atoms with Crippen molar-refractivity contribution in [3.05, 3.63) is 69.1 Å². The molecule has 216 valence electrons. The lowest BCUT2D eigenvalue weighted by Gasteiger charge is -2.43. The van der Waals surface area contributed by atoms with Crippen LogP contribution in [0.3, 0.4) is 0 Å². The lowest BCUT2D eigenvalue weighted by Crippen LogP contribution is -2.44. The second-order valence-corrected chi connectivity index (χ2v) is 12.8. The summed E-state index contributed by atoms with van der Waals surface area (Å²) in [6.45, 7) is 0.282. The molecule has 0 aliphatic heterocycles. The van der Waals surface area contributed by atoms with Crippen LogP contribution in [0.4, 0.5) is 4.39 Å². The van der Waals surface area contributed by atoms with Crippen LogP contribution in [0.15, 0.2) is 40.9 Å². The molecule has 7 rings (SSSR count). The van der Waals surface area contributed by atoms with Gasteiger partial charge in [-0.3, -0.25) is 0 Å². The van der Waals surface area contributed by atoms with E-state index in [-0.39, 0.29) is 30.3 Å². The first-order chi connectivity index (χ1) is 19.7. The second-order valence-electron chi connectivity index (χ2n) is 12.0. The lowest BCUT2D eigenvalue weighted by atomic mass is 9.69. The van der Waals surface area contributed by atoms with Gasteiger partial charge in [0.1, 0.15) is 23.0 Å². The molecule has 10 heteroatoms. The highest BCUT2D eigenvalue weighted by molar-refractivity contribution is 6.39. The highest BCUT2D eigenvalue weighted by atomic mass is 35.5.